The SMILES string of the molecule is CCC(C)N=C=C([Se]c1ccccc1)c1ccccc1. The molecule has 0 radical (unpaired) electrons. The molecule has 1 nitrogen and oxygen atoms in total. The second-order valence-corrected chi connectivity index (χ2v) is 6.88. The molecule has 0 aliphatic heterocycles. The van der Waals surface area contributed by atoms with E-state index in [2.05, 4.69) is 79.3 Å². The van der Waals surface area contributed by atoms with E-state index in [4.69, 9.17) is 0 Å². The van der Waals surface area contributed by atoms with Crippen LogP contribution in [0.1, 0.15) is 25.8 Å². The molecule has 0 N–H and O–H groups in total. The number of aliphatic imine (C=N–C) groups is 1. The Hall–Kier alpha value is -1.59. The van der Waals surface area contributed by atoms with E-state index in [1.807, 2.05) is 6.07 Å². The first-order valence-corrected chi connectivity index (χ1v) is 8.62. The third-order valence-electron chi connectivity index (χ3n) is 2.98. The molecule has 0 spiro atoms. The standard InChI is InChI=1S/C18H19NSe/c1-3-15(2)19-14-18(16-10-6-4-7-11-16)20-17-12-8-5-9-13-17/h4-13,15H,3H2,1-2H3. The van der Waals surface area contributed by atoms with Crippen molar-refractivity contribution < 1.29 is 0 Å². The summed E-state index contributed by atoms with van der Waals surface area (Å²) in [6.07, 6.45) is 1.05. The van der Waals surface area contributed by atoms with Crippen LogP contribution in [-0.2, 0) is 0 Å². The molecule has 0 bridgehead atoms. The third-order valence-corrected chi connectivity index (χ3v) is 5.16. The van der Waals surface area contributed by atoms with Crippen LogP contribution in [0.25, 0.3) is 4.47 Å². The van der Waals surface area contributed by atoms with E-state index >= 15 is 0 Å². The molecule has 1 unspecified atom stereocenters. The number of benzene rings is 2. The third kappa shape index (κ3) is 4.51. The van der Waals surface area contributed by atoms with Gasteiger partial charge < -0.3 is 0 Å². The van der Waals surface area contributed by atoms with E-state index in [0.717, 1.165) is 6.42 Å². The summed E-state index contributed by atoms with van der Waals surface area (Å²) in [5, 5.41) is 0. The maximum atomic E-state index is 4.54. The predicted octanol–water partition coefficient (Wildman–Crippen LogP) is 3.53. The summed E-state index contributed by atoms with van der Waals surface area (Å²) in [6, 6.07) is 21.4. The Balaban J connectivity index is 2.32. The summed E-state index contributed by atoms with van der Waals surface area (Å²) in [6.45, 7) is 4.28. The van der Waals surface area contributed by atoms with Crippen LogP contribution in [0.15, 0.2) is 65.7 Å². The van der Waals surface area contributed by atoms with Crippen LogP contribution in [0, 0.1) is 0 Å². The first-order valence-electron chi connectivity index (χ1n) is 6.90. The van der Waals surface area contributed by atoms with Crippen LogP contribution in [0.3, 0.4) is 0 Å². The van der Waals surface area contributed by atoms with Crippen molar-refractivity contribution >= 4 is 29.8 Å². The minimum absolute atomic E-state index is 0.236. The van der Waals surface area contributed by atoms with Gasteiger partial charge in [0.1, 0.15) is 0 Å². The van der Waals surface area contributed by atoms with Crippen molar-refractivity contribution in [3.8, 4) is 0 Å². The molecule has 2 rings (SSSR count). The predicted molar refractivity (Wildman–Crippen MR) is 88.9 cm³/mol. The average Bonchev–Trinajstić information content (AvgIpc) is 2.53. The normalized spacial score (nSPS) is 11.5. The zero-order valence-electron chi connectivity index (χ0n) is 11.9. The van der Waals surface area contributed by atoms with Crippen LogP contribution in [0.4, 0.5) is 0 Å². The summed E-state index contributed by atoms with van der Waals surface area (Å²) >= 11 is 0.236. The molecule has 20 heavy (non-hydrogen) atoms. The van der Waals surface area contributed by atoms with Gasteiger partial charge in [0, 0.05) is 0 Å². The summed E-state index contributed by atoms with van der Waals surface area (Å²) in [5.41, 5.74) is 1.23. The molecule has 0 amide bonds. The van der Waals surface area contributed by atoms with Crippen molar-refractivity contribution in [1.82, 2.24) is 0 Å². The molecular formula is C18H19NSe. The van der Waals surface area contributed by atoms with Gasteiger partial charge in [0.25, 0.3) is 0 Å². The molecule has 0 aliphatic carbocycles. The Kier molecular flexibility index (Phi) is 5.83. The molecule has 2 aromatic rings. The topological polar surface area (TPSA) is 12.4 Å². The second-order valence-electron chi connectivity index (χ2n) is 4.61. The van der Waals surface area contributed by atoms with Crippen LogP contribution >= 0.6 is 0 Å². The van der Waals surface area contributed by atoms with E-state index in [-0.39, 0.29) is 15.0 Å². The van der Waals surface area contributed by atoms with Crippen molar-refractivity contribution in [2.45, 2.75) is 26.3 Å². The van der Waals surface area contributed by atoms with Crippen molar-refractivity contribution in [3.63, 3.8) is 0 Å². The fourth-order valence-electron chi connectivity index (χ4n) is 1.60. The maximum absolute atomic E-state index is 4.54. The van der Waals surface area contributed by atoms with Gasteiger partial charge in [0.05, 0.1) is 0 Å². The van der Waals surface area contributed by atoms with Crippen molar-refractivity contribution in [3.05, 3.63) is 66.2 Å². The van der Waals surface area contributed by atoms with E-state index in [1.54, 1.807) is 0 Å². The van der Waals surface area contributed by atoms with Gasteiger partial charge in [-0.15, -0.1) is 0 Å². The summed E-state index contributed by atoms with van der Waals surface area (Å²) in [4.78, 5) is 4.54. The fourth-order valence-corrected chi connectivity index (χ4v) is 3.45. The van der Waals surface area contributed by atoms with Crippen LogP contribution in [0.5, 0.6) is 0 Å². The van der Waals surface area contributed by atoms with Crippen LogP contribution < -0.4 is 4.46 Å². The van der Waals surface area contributed by atoms with Gasteiger partial charge in [-0.3, -0.25) is 0 Å². The zero-order chi connectivity index (χ0) is 14.2. The van der Waals surface area contributed by atoms with Crippen molar-refractivity contribution in [1.29, 1.82) is 0 Å². The van der Waals surface area contributed by atoms with Gasteiger partial charge >= 0.3 is 127 Å². The Bertz CT molecular complexity index is 583. The average molecular weight is 328 g/mol. The van der Waals surface area contributed by atoms with E-state index in [9.17, 15) is 0 Å². The molecular weight excluding hydrogens is 309 g/mol. The summed E-state index contributed by atoms with van der Waals surface area (Å²) < 4.78 is 2.57. The Morgan fingerprint density at radius 1 is 1.05 bits per heavy atom. The van der Waals surface area contributed by atoms with Crippen LogP contribution in [0.2, 0.25) is 0 Å². The van der Waals surface area contributed by atoms with Crippen LogP contribution in [-0.4, -0.2) is 26.9 Å². The van der Waals surface area contributed by atoms with Gasteiger partial charge in [-0.25, -0.2) is 0 Å². The monoisotopic (exact) mass is 329 g/mol. The van der Waals surface area contributed by atoms with E-state index < -0.39 is 0 Å². The molecule has 0 heterocycles. The molecule has 0 fully saturated rings. The first-order chi connectivity index (χ1) is 9.79. The molecule has 0 aromatic heterocycles. The Morgan fingerprint density at radius 3 is 2.25 bits per heavy atom. The molecule has 0 aliphatic rings. The molecule has 0 saturated carbocycles. The van der Waals surface area contributed by atoms with E-state index in [1.165, 1.54) is 14.5 Å². The van der Waals surface area contributed by atoms with Crippen molar-refractivity contribution in [2.75, 3.05) is 0 Å². The summed E-state index contributed by atoms with van der Waals surface area (Å²) in [5.74, 6) is 3.30. The number of nitrogens with zero attached hydrogens (tertiary/aromatic N) is 1. The second kappa shape index (κ2) is 7.87. The number of rotatable bonds is 5. The fraction of sp³-hybridized carbons (Fsp3) is 0.222. The van der Waals surface area contributed by atoms with Crippen molar-refractivity contribution in [2.24, 2.45) is 4.99 Å². The molecule has 102 valence electrons. The molecule has 2 heteroatoms. The summed E-state index contributed by atoms with van der Waals surface area (Å²) in [7, 11) is 0. The molecule has 2 aromatic carbocycles. The van der Waals surface area contributed by atoms with Gasteiger partial charge in [-0.2, -0.15) is 0 Å². The molecule has 1 atom stereocenters. The number of hydrogen-bond acceptors (Lipinski definition) is 1. The van der Waals surface area contributed by atoms with Gasteiger partial charge in [-0.05, 0) is 0 Å². The van der Waals surface area contributed by atoms with Gasteiger partial charge in [-0.1, -0.05) is 0 Å². The van der Waals surface area contributed by atoms with Gasteiger partial charge in [0.2, 0.25) is 0 Å². The van der Waals surface area contributed by atoms with Gasteiger partial charge in [0.15, 0.2) is 0 Å². The quantitative estimate of drug-likeness (QED) is 0.588. The Labute approximate surface area is 127 Å². The molecule has 0 saturated heterocycles. The Morgan fingerprint density at radius 2 is 1.65 bits per heavy atom. The number of hydrogen-bond donors (Lipinski definition) is 0. The zero-order valence-corrected chi connectivity index (χ0v) is 13.6. The first kappa shape index (κ1) is 14.8. The van der Waals surface area contributed by atoms with E-state index in [0.29, 0.717) is 6.04 Å². The minimum atomic E-state index is 0.236.